The van der Waals surface area contributed by atoms with Crippen molar-refractivity contribution in [2.24, 2.45) is 0 Å². The van der Waals surface area contributed by atoms with Crippen molar-refractivity contribution in [2.75, 3.05) is 18.0 Å². The quantitative estimate of drug-likeness (QED) is 0.790. The standard InChI is InChI=1S/C17H18ClN5O/c1-12-7-15(23-16(21-12)19-11-20-23)22-6-5-17(24,10-22)9-13-3-2-4-14(18)8-13/h2-4,7-8,11,24H,5-6,9-10H2,1H3/t17-/m1/s1. The van der Waals surface area contributed by atoms with E-state index in [-0.39, 0.29) is 0 Å². The largest absolute Gasteiger partial charge is 0.388 e. The zero-order chi connectivity index (χ0) is 16.7. The number of benzene rings is 1. The lowest BCUT2D eigenvalue weighted by Crippen LogP contribution is -2.36. The van der Waals surface area contributed by atoms with Gasteiger partial charge in [-0.3, -0.25) is 0 Å². The highest BCUT2D eigenvalue weighted by atomic mass is 35.5. The molecule has 3 heterocycles. The van der Waals surface area contributed by atoms with Gasteiger partial charge in [0, 0.05) is 36.3 Å². The first kappa shape index (κ1) is 15.4. The van der Waals surface area contributed by atoms with Crippen LogP contribution in [0.4, 0.5) is 5.82 Å². The van der Waals surface area contributed by atoms with Crippen molar-refractivity contribution in [3.63, 3.8) is 0 Å². The molecule has 0 saturated carbocycles. The Kier molecular flexibility index (Phi) is 3.66. The first-order valence-corrected chi connectivity index (χ1v) is 8.29. The molecule has 0 amide bonds. The minimum Gasteiger partial charge on any atom is -0.388 e. The summed E-state index contributed by atoms with van der Waals surface area (Å²) in [6, 6.07) is 9.65. The second-order valence-corrected chi connectivity index (χ2v) is 6.87. The lowest BCUT2D eigenvalue weighted by Gasteiger charge is -2.24. The van der Waals surface area contributed by atoms with E-state index in [0.29, 0.717) is 30.2 Å². The Balaban J connectivity index is 1.60. The molecule has 1 N–H and O–H groups in total. The number of aryl methyl sites for hydroxylation is 1. The summed E-state index contributed by atoms with van der Waals surface area (Å²) in [5, 5.41) is 16.0. The highest BCUT2D eigenvalue weighted by Crippen LogP contribution is 2.30. The first-order chi connectivity index (χ1) is 11.5. The molecule has 124 valence electrons. The smallest absolute Gasteiger partial charge is 0.254 e. The summed E-state index contributed by atoms with van der Waals surface area (Å²) < 4.78 is 1.72. The van der Waals surface area contributed by atoms with Crippen molar-refractivity contribution in [3.8, 4) is 0 Å². The normalized spacial score (nSPS) is 20.9. The highest BCUT2D eigenvalue weighted by Gasteiger charge is 2.37. The van der Waals surface area contributed by atoms with Crippen LogP contribution in [0.3, 0.4) is 0 Å². The molecule has 24 heavy (non-hydrogen) atoms. The van der Waals surface area contributed by atoms with Gasteiger partial charge in [0.1, 0.15) is 12.1 Å². The van der Waals surface area contributed by atoms with Crippen molar-refractivity contribution < 1.29 is 5.11 Å². The van der Waals surface area contributed by atoms with Crippen LogP contribution in [-0.2, 0) is 6.42 Å². The maximum atomic E-state index is 11.0. The van der Waals surface area contributed by atoms with Gasteiger partial charge in [-0.2, -0.15) is 14.6 Å². The predicted octanol–water partition coefficient (Wildman–Crippen LogP) is 2.27. The van der Waals surface area contributed by atoms with Crippen LogP contribution in [0, 0.1) is 6.92 Å². The number of β-amino-alcohol motifs (C(OH)–C–C–N with tert-alkyl or cyclic N) is 1. The van der Waals surface area contributed by atoms with Crippen LogP contribution in [0.1, 0.15) is 17.7 Å². The molecule has 0 unspecified atom stereocenters. The summed E-state index contributed by atoms with van der Waals surface area (Å²) in [5.41, 5.74) is 1.15. The maximum absolute atomic E-state index is 11.0. The van der Waals surface area contributed by atoms with Gasteiger partial charge in [-0.25, -0.2) is 4.98 Å². The molecule has 7 heteroatoms. The Hall–Kier alpha value is -2.18. The minimum absolute atomic E-state index is 0.540. The van der Waals surface area contributed by atoms with Crippen LogP contribution in [0.25, 0.3) is 5.78 Å². The number of aromatic nitrogens is 4. The average molecular weight is 344 g/mol. The van der Waals surface area contributed by atoms with E-state index in [1.165, 1.54) is 6.33 Å². The maximum Gasteiger partial charge on any atom is 0.254 e. The number of nitrogens with zero attached hydrogens (tertiary/aromatic N) is 5. The molecule has 2 aromatic heterocycles. The molecule has 1 aromatic carbocycles. The lowest BCUT2D eigenvalue weighted by atomic mass is 9.94. The number of fused-ring (bicyclic) bond motifs is 1. The van der Waals surface area contributed by atoms with E-state index in [4.69, 9.17) is 11.6 Å². The number of aliphatic hydroxyl groups is 1. The van der Waals surface area contributed by atoms with Gasteiger partial charge in [0.05, 0.1) is 5.60 Å². The number of hydrogen-bond acceptors (Lipinski definition) is 5. The van der Waals surface area contributed by atoms with Gasteiger partial charge in [-0.1, -0.05) is 23.7 Å². The fourth-order valence-corrected chi connectivity index (χ4v) is 3.57. The fraction of sp³-hybridized carbons (Fsp3) is 0.353. The molecule has 4 rings (SSSR count). The zero-order valence-electron chi connectivity index (χ0n) is 13.4. The summed E-state index contributed by atoms with van der Waals surface area (Å²) in [4.78, 5) is 10.7. The van der Waals surface area contributed by atoms with Crippen LogP contribution in [0.2, 0.25) is 5.02 Å². The average Bonchev–Trinajstić information content (AvgIpc) is 3.13. The molecule has 6 nitrogen and oxygen atoms in total. The molecule has 0 bridgehead atoms. The summed E-state index contributed by atoms with van der Waals surface area (Å²) in [7, 11) is 0. The van der Waals surface area contributed by atoms with Crippen LogP contribution in [-0.4, -0.2) is 43.4 Å². The zero-order valence-corrected chi connectivity index (χ0v) is 14.1. The van der Waals surface area contributed by atoms with Crippen molar-refractivity contribution in [3.05, 3.63) is 52.9 Å². The summed E-state index contributed by atoms with van der Waals surface area (Å²) >= 11 is 6.05. The van der Waals surface area contributed by atoms with Gasteiger partial charge < -0.3 is 10.0 Å². The molecule has 1 fully saturated rings. The molecular weight excluding hydrogens is 326 g/mol. The third-order valence-corrected chi connectivity index (χ3v) is 4.67. The van der Waals surface area contributed by atoms with Gasteiger partial charge in [0.2, 0.25) is 0 Å². The van der Waals surface area contributed by atoms with Crippen LogP contribution in [0.15, 0.2) is 36.7 Å². The second-order valence-electron chi connectivity index (χ2n) is 6.43. The third kappa shape index (κ3) is 2.83. The number of anilines is 1. The summed E-state index contributed by atoms with van der Waals surface area (Å²) in [6.07, 6.45) is 2.77. The number of hydrogen-bond donors (Lipinski definition) is 1. The topological polar surface area (TPSA) is 66.5 Å². The Morgan fingerprint density at radius 1 is 1.33 bits per heavy atom. The Labute approximate surface area is 144 Å². The Morgan fingerprint density at radius 3 is 3.04 bits per heavy atom. The number of halogens is 1. The molecular formula is C17H18ClN5O. The van der Waals surface area contributed by atoms with Crippen LogP contribution < -0.4 is 4.90 Å². The van der Waals surface area contributed by atoms with Crippen molar-refractivity contribution in [1.29, 1.82) is 0 Å². The van der Waals surface area contributed by atoms with Crippen molar-refractivity contribution >= 4 is 23.2 Å². The summed E-state index contributed by atoms with van der Waals surface area (Å²) in [5.74, 6) is 1.49. The molecule has 0 aliphatic carbocycles. The van der Waals surface area contributed by atoms with Gasteiger partial charge in [0.25, 0.3) is 5.78 Å². The second kappa shape index (κ2) is 5.72. The predicted molar refractivity (Wildman–Crippen MR) is 92.5 cm³/mol. The van der Waals surface area contributed by atoms with Gasteiger partial charge in [0.15, 0.2) is 0 Å². The lowest BCUT2D eigenvalue weighted by molar-refractivity contribution is 0.0637. The van der Waals surface area contributed by atoms with Crippen molar-refractivity contribution in [1.82, 2.24) is 19.6 Å². The van der Waals surface area contributed by atoms with E-state index in [1.807, 2.05) is 37.3 Å². The van der Waals surface area contributed by atoms with E-state index in [0.717, 1.165) is 23.6 Å². The van der Waals surface area contributed by atoms with Gasteiger partial charge in [-0.05, 0) is 31.0 Å². The molecule has 1 atom stereocenters. The van der Waals surface area contributed by atoms with Crippen LogP contribution in [0.5, 0.6) is 0 Å². The van der Waals surface area contributed by atoms with E-state index in [1.54, 1.807) is 4.52 Å². The Morgan fingerprint density at radius 2 is 2.21 bits per heavy atom. The van der Waals surface area contributed by atoms with E-state index in [2.05, 4.69) is 20.0 Å². The van der Waals surface area contributed by atoms with Crippen molar-refractivity contribution in [2.45, 2.75) is 25.4 Å². The fourth-order valence-electron chi connectivity index (χ4n) is 3.36. The van der Waals surface area contributed by atoms with Gasteiger partial charge in [-0.15, -0.1) is 0 Å². The summed E-state index contributed by atoms with van der Waals surface area (Å²) in [6.45, 7) is 3.24. The molecule has 3 aromatic rings. The van der Waals surface area contributed by atoms with E-state index < -0.39 is 5.60 Å². The van der Waals surface area contributed by atoms with Crippen LogP contribution >= 0.6 is 11.6 Å². The molecule has 1 aliphatic heterocycles. The molecule has 0 spiro atoms. The third-order valence-electron chi connectivity index (χ3n) is 4.44. The van der Waals surface area contributed by atoms with Gasteiger partial charge >= 0.3 is 0 Å². The monoisotopic (exact) mass is 343 g/mol. The Bertz CT molecular complexity index is 896. The van der Waals surface area contributed by atoms with E-state index >= 15 is 0 Å². The highest BCUT2D eigenvalue weighted by molar-refractivity contribution is 6.30. The first-order valence-electron chi connectivity index (χ1n) is 7.92. The molecule has 1 saturated heterocycles. The molecule has 0 radical (unpaired) electrons. The SMILES string of the molecule is Cc1cc(N2CC[C@@](O)(Cc3cccc(Cl)c3)C2)n2ncnc2n1. The molecule has 1 aliphatic rings. The van der Waals surface area contributed by atoms with E-state index in [9.17, 15) is 5.11 Å². The minimum atomic E-state index is -0.783. The number of rotatable bonds is 3.